The topological polar surface area (TPSA) is 71.0 Å². The van der Waals surface area contributed by atoms with Crippen molar-refractivity contribution in [3.8, 4) is 17.2 Å². The summed E-state index contributed by atoms with van der Waals surface area (Å²) in [6.07, 6.45) is 4.06. The Kier molecular flexibility index (Phi) is 8.20. The normalized spacial score (nSPS) is 14.5. The molecule has 1 aliphatic rings. The Bertz CT molecular complexity index is 1420. The maximum atomic E-state index is 10.8. The van der Waals surface area contributed by atoms with Gasteiger partial charge in [0.1, 0.15) is 5.75 Å². The van der Waals surface area contributed by atoms with E-state index in [0.717, 1.165) is 52.6 Å². The highest BCUT2D eigenvalue weighted by molar-refractivity contribution is 5.71. The third-order valence-corrected chi connectivity index (χ3v) is 6.74. The van der Waals surface area contributed by atoms with E-state index in [1.54, 1.807) is 20.3 Å². The number of benzene rings is 2. The summed E-state index contributed by atoms with van der Waals surface area (Å²) < 4.78 is 10.8. The SMILES string of the molecule is COc1ccc(/C=C/c2ccc(O)c(CN3Cc4cccc(n4)CN(C)Cc4cccc(n4)C3)c2)cc1OC. The van der Waals surface area contributed by atoms with Crippen molar-refractivity contribution in [1.82, 2.24) is 19.8 Å². The Balaban J connectivity index is 1.41. The molecule has 2 aromatic carbocycles. The summed E-state index contributed by atoms with van der Waals surface area (Å²) >= 11 is 0. The van der Waals surface area contributed by atoms with Gasteiger partial charge in [0.15, 0.2) is 11.5 Å². The van der Waals surface area contributed by atoms with Crippen LogP contribution in [0.3, 0.4) is 0 Å². The third kappa shape index (κ3) is 6.82. The van der Waals surface area contributed by atoms with Crippen LogP contribution in [0.4, 0.5) is 0 Å². The summed E-state index contributed by atoms with van der Waals surface area (Å²) in [5, 5.41) is 10.8. The van der Waals surface area contributed by atoms with Crippen molar-refractivity contribution < 1.29 is 14.6 Å². The lowest BCUT2D eigenvalue weighted by atomic mass is 10.1. The molecule has 39 heavy (non-hydrogen) atoms. The number of nitrogens with zero attached hydrogens (tertiary/aromatic N) is 4. The number of phenolic OH excluding ortho intramolecular Hbond substituents is 1. The highest BCUT2D eigenvalue weighted by Gasteiger charge is 2.15. The molecular weight excluding hydrogens is 488 g/mol. The van der Waals surface area contributed by atoms with Gasteiger partial charge in [-0.15, -0.1) is 0 Å². The van der Waals surface area contributed by atoms with Crippen LogP contribution in [0.1, 0.15) is 39.5 Å². The van der Waals surface area contributed by atoms with Crippen LogP contribution in [0.25, 0.3) is 12.2 Å². The fourth-order valence-corrected chi connectivity index (χ4v) is 4.87. The van der Waals surface area contributed by atoms with Gasteiger partial charge in [0.2, 0.25) is 0 Å². The van der Waals surface area contributed by atoms with Crippen molar-refractivity contribution in [3.05, 3.63) is 112 Å². The lowest BCUT2D eigenvalue weighted by molar-refractivity contribution is 0.235. The minimum Gasteiger partial charge on any atom is -0.508 e. The molecule has 1 N–H and O–H groups in total. The van der Waals surface area contributed by atoms with Crippen molar-refractivity contribution in [2.75, 3.05) is 21.3 Å². The Morgan fingerprint density at radius 1 is 0.718 bits per heavy atom. The fraction of sp³-hybridized carbons (Fsp3) is 0.250. The quantitative estimate of drug-likeness (QED) is 0.335. The average molecular weight is 523 g/mol. The van der Waals surface area contributed by atoms with Crippen LogP contribution in [-0.4, -0.2) is 46.1 Å². The van der Waals surface area contributed by atoms with Crippen LogP contribution in [-0.2, 0) is 32.7 Å². The molecule has 1 aliphatic heterocycles. The number of methoxy groups -OCH3 is 2. The van der Waals surface area contributed by atoms with E-state index in [0.29, 0.717) is 31.1 Å². The van der Waals surface area contributed by atoms with E-state index in [2.05, 4.69) is 53.2 Å². The van der Waals surface area contributed by atoms with E-state index in [1.807, 2.05) is 42.5 Å². The van der Waals surface area contributed by atoms with E-state index in [9.17, 15) is 5.11 Å². The van der Waals surface area contributed by atoms with Crippen LogP contribution in [0.2, 0.25) is 0 Å². The van der Waals surface area contributed by atoms with Gasteiger partial charge in [0.05, 0.1) is 37.0 Å². The predicted molar refractivity (Wildman–Crippen MR) is 153 cm³/mol. The molecule has 4 bridgehead atoms. The largest absolute Gasteiger partial charge is 0.508 e. The van der Waals surface area contributed by atoms with E-state index in [1.165, 1.54) is 0 Å². The minimum absolute atomic E-state index is 0.273. The number of hydrogen-bond acceptors (Lipinski definition) is 7. The molecule has 0 unspecified atom stereocenters. The Labute approximate surface area is 230 Å². The predicted octanol–water partition coefficient (Wildman–Crippen LogP) is 5.52. The molecule has 2 aromatic heterocycles. The number of rotatable bonds is 6. The molecule has 0 spiro atoms. The molecule has 0 fully saturated rings. The smallest absolute Gasteiger partial charge is 0.161 e. The van der Waals surface area contributed by atoms with Crippen LogP contribution in [0, 0.1) is 0 Å². The first-order valence-corrected chi connectivity index (χ1v) is 13.0. The summed E-state index contributed by atoms with van der Waals surface area (Å²) in [6, 6.07) is 23.9. The molecule has 0 atom stereocenters. The molecule has 4 aromatic rings. The zero-order valence-electron chi connectivity index (χ0n) is 22.7. The van der Waals surface area contributed by atoms with Gasteiger partial charge in [-0.05, 0) is 66.7 Å². The number of hydrogen-bond donors (Lipinski definition) is 1. The van der Waals surface area contributed by atoms with Gasteiger partial charge in [-0.2, -0.15) is 0 Å². The monoisotopic (exact) mass is 522 g/mol. The summed E-state index contributed by atoms with van der Waals surface area (Å²) in [6.45, 7) is 3.37. The standard InChI is InChI=1S/C32H34N4O3/c1-35-19-26-6-4-8-28(33-26)21-36(22-29-9-5-7-27(20-35)34-29)18-25-16-23(12-14-30(25)37)10-11-24-13-15-31(38-2)32(17-24)39-3/h4-17,37H,18-22H2,1-3H3/b11-10+. The zero-order chi connectivity index (χ0) is 27.2. The Hall–Kier alpha value is -4.20. The van der Waals surface area contributed by atoms with E-state index in [4.69, 9.17) is 19.4 Å². The third-order valence-electron chi connectivity index (χ3n) is 6.74. The number of ether oxygens (including phenoxy) is 2. The molecule has 7 heteroatoms. The lowest BCUT2D eigenvalue weighted by Gasteiger charge is -2.24. The second-order valence-corrected chi connectivity index (χ2v) is 9.89. The van der Waals surface area contributed by atoms with E-state index < -0.39 is 0 Å². The number of phenols is 1. The first-order chi connectivity index (χ1) is 19.0. The van der Waals surface area contributed by atoms with Gasteiger partial charge in [0.25, 0.3) is 0 Å². The number of aromatic hydroxyl groups is 1. The molecule has 7 nitrogen and oxygen atoms in total. The maximum absolute atomic E-state index is 10.8. The molecule has 0 radical (unpaired) electrons. The van der Waals surface area contributed by atoms with Gasteiger partial charge in [-0.3, -0.25) is 19.8 Å². The van der Waals surface area contributed by atoms with Crippen molar-refractivity contribution in [2.24, 2.45) is 0 Å². The van der Waals surface area contributed by atoms with Gasteiger partial charge in [-0.1, -0.05) is 36.4 Å². The highest BCUT2D eigenvalue weighted by atomic mass is 16.5. The van der Waals surface area contributed by atoms with Gasteiger partial charge in [0, 0.05) is 38.3 Å². The molecule has 5 rings (SSSR count). The molecule has 0 saturated heterocycles. The molecule has 200 valence electrons. The van der Waals surface area contributed by atoms with Crippen LogP contribution in [0.15, 0.2) is 72.8 Å². The van der Waals surface area contributed by atoms with Crippen LogP contribution in [0.5, 0.6) is 17.2 Å². The second-order valence-electron chi connectivity index (χ2n) is 9.89. The second kappa shape index (κ2) is 12.1. The molecule has 0 amide bonds. The summed E-state index contributed by atoms with van der Waals surface area (Å²) in [7, 11) is 5.35. The van der Waals surface area contributed by atoms with E-state index in [-0.39, 0.29) is 5.75 Å². The summed E-state index contributed by atoms with van der Waals surface area (Å²) in [5.41, 5.74) is 6.92. The van der Waals surface area contributed by atoms with Gasteiger partial charge < -0.3 is 14.6 Å². The molecule has 0 saturated carbocycles. The summed E-state index contributed by atoms with van der Waals surface area (Å²) in [5.74, 6) is 1.65. The first kappa shape index (κ1) is 26.4. The van der Waals surface area contributed by atoms with Crippen molar-refractivity contribution in [1.29, 1.82) is 0 Å². The van der Waals surface area contributed by atoms with Gasteiger partial charge in [-0.25, -0.2) is 0 Å². The average Bonchev–Trinajstić information content (AvgIpc) is 2.93. The van der Waals surface area contributed by atoms with E-state index >= 15 is 0 Å². The van der Waals surface area contributed by atoms with Crippen molar-refractivity contribution in [2.45, 2.75) is 32.7 Å². The molecule has 0 aliphatic carbocycles. The van der Waals surface area contributed by atoms with Crippen molar-refractivity contribution >= 4 is 12.2 Å². The number of pyridine rings is 2. The number of aromatic nitrogens is 2. The number of fused-ring (bicyclic) bond motifs is 4. The molecule has 3 heterocycles. The van der Waals surface area contributed by atoms with Crippen LogP contribution >= 0.6 is 0 Å². The molecular formula is C32H34N4O3. The Morgan fingerprint density at radius 3 is 1.85 bits per heavy atom. The first-order valence-electron chi connectivity index (χ1n) is 13.0. The Morgan fingerprint density at radius 2 is 1.26 bits per heavy atom. The zero-order valence-corrected chi connectivity index (χ0v) is 22.7. The highest BCUT2D eigenvalue weighted by Crippen LogP contribution is 2.29. The lowest BCUT2D eigenvalue weighted by Crippen LogP contribution is -2.26. The maximum Gasteiger partial charge on any atom is 0.161 e. The van der Waals surface area contributed by atoms with Gasteiger partial charge >= 0.3 is 0 Å². The summed E-state index contributed by atoms with van der Waals surface area (Å²) in [4.78, 5) is 14.3. The fourth-order valence-electron chi connectivity index (χ4n) is 4.87. The minimum atomic E-state index is 0.273. The van der Waals surface area contributed by atoms with Crippen molar-refractivity contribution in [3.63, 3.8) is 0 Å². The van der Waals surface area contributed by atoms with Crippen LogP contribution < -0.4 is 9.47 Å².